The molecule has 0 heterocycles. The third-order valence-electron chi connectivity index (χ3n) is 11.2. The van der Waals surface area contributed by atoms with Crippen molar-refractivity contribution in [3.8, 4) is 0 Å². The molecular formula is C50H96O6. The Morgan fingerprint density at radius 3 is 0.875 bits per heavy atom. The predicted molar refractivity (Wildman–Crippen MR) is 238 cm³/mol. The monoisotopic (exact) mass is 793 g/mol. The Morgan fingerprint density at radius 2 is 0.589 bits per heavy atom. The van der Waals surface area contributed by atoms with Crippen molar-refractivity contribution in [3.05, 3.63) is 0 Å². The van der Waals surface area contributed by atoms with Crippen molar-refractivity contribution in [1.29, 1.82) is 0 Å². The number of carbonyl (C=O) groups excluding carboxylic acids is 3. The Labute approximate surface area is 348 Å². The number of rotatable bonds is 44. The molecule has 0 spiro atoms. The van der Waals surface area contributed by atoms with Crippen LogP contribution >= 0.6 is 0 Å². The lowest BCUT2D eigenvalue weighted by Crippen LogP contribution is -2.30. The van der Waals surface area contributed by atoms with Crippen LogP contribution in [0.15, 0.2) is 0 Å². The van der Waals surface area contributed by atoms with Crippen molar-refractivity contribution < 1.29 is 28.6 Å². The topological polar surface area (TPSA) is 78.9 Å². The zero-order valence-electron chi connectivity index (χ0n) is 38.3. The van der Waals surface area contributed by atoms with Gasteiger partial charge in [-0.2, -0.15) is 0 Å². The van der Waals surface area contributed by atoms with E-state index in [0.29, 0.717) is 19.3 Å². The van der Waals surface area contributed by atoms with E-state index in [4.69, 9.17) is 14.2 Å². The lowest BCUT2D eigenvalue weighted by atomic mass is 10.0. The second kappa shape index (κ2) is 43.0. The van der Waals surface area contributed by atoms with Gasteiger partial charge in [0.15, 0.2) is 6.10 Å². The fourth-order valence-electron chi connectivity index (χ4n) is 7.46. The maximum Gasteiger partial charge on any atom is 0.306 e. The van der Waals surface area contributed by atoms with Crippen LogP contribution in [0.1, 0.15) is 272 Å². The Balaban J connectivity index is 4.27. The summed E-state index contributed by atoms with van der Waals surface area (Å²) in [6, 6.07) is 0. The molecule has 6 nitrogen and oxygen atoms in total. The third-order valence-corrected chi connectivity index (χ3v) is 11.2. The molecule has 0 aromatic heterocycles. The lowest BCUT2D eigenvalue weighted by molar-refractivity contribution is -0.167. The molecule has 0 aromatic rings. The van der Waals surface area contributed by atoms with Crippen molar-refractivity contribution >= 4 is 17.9 Å². The fraction of sp³-hybridized carbons (Fsp3) is 0.940. The van der Waals surface area contributed by atoms with E-state index in [0.717, 1.165) is 69.6 Å². The smallest absolute Gasteiger partial charge is 0.306 e. The zero-order valence-corrected chi connectivity index (χ0v) is 38.3. The molecule has 0 unspecified atom stereocenters. The Kier molecular flexibility index (Phi) is 41.8. The Bertz CT molecular complexity index is 854. The van der Waals surface area contributed by atoms with Gasteiger partial charge in [0.1, 0.15) is 13.2 Å². The summed E-state index contributed by atoms with van der Waals surface area (Å²) in [6.07, 6.45) is 42.4. The molecule has 0 fully saturated rings. The second-order valence-electron chi connectivity index (χ2n) is 18.1. The summed E-state index contributed by atoms with van der Waals surface area (Å²) in [5, 5.41) is 0. The van der Waals surface area contributed by atoms with Gasteiger partial charge in [-0.25, -0.2) is 0 Å². The van der Waals surface area contributed by atoms with Crippen molar-refractivity contribution in [2.45, 2.75) is 278 Å². The highest BCUT2D eigenvalue weighted by Gasteiger charge is 2.19. The first-order chi connectivity index (χ1) is 27.2. The molecule has 0 aliphatic rings. The van der Waals surface area contributed by atoms with Gasteiger partial charge in [-0.3, -0.25) is 14.4 Å². The highest BCUT2D eigenvalue weighted by atomic mass is 16.6. The summed E-state index contributed by atoms with van der Waals surface area (Å²) in [7, 11) is 0. The van der Waals surface area contributed by atoms with Crippen molar-refractivity contribution in [2.75, 3.05) is 13.2 Å². The summed E-state index contributed by atoms with van der Waals surface area (Å²) in [5.41, 5.74) is 0. The highest BCUT2D eigenvalue weighted by Crippen LogP contribution is 2.17. The molecule has 0 aliphatic carbocycles. The number of hydrogen-bond donors (Lipinski definition) is 0. The molecule has 0 saturated carbocycles. The van der Waals surface area contributed by atoms with E-state index in [1.165, 1.54) is 161 Å². The molecule has 0 N–H and O–H groups in total. The molecule has 0 aromatic carbocycles. The number of hydrogen-bond acceptors (Lipinski definition) is 6. The summed E-state index contributed by atoms with van der Waals surface area (Å²) in [5.74, 6) is 0.751. The largest absolute Gasteiger partial charge is 0.462 e. The molecule has 1 atom stereocenters. The lowest BCUT2D eigenvalue weighted by Gasteiger charge is -2.18. The van der Waals surface area contributed by atoms with Crippen LogP contribution in [0.2, 0.25) is 0 Å². The van der Waals surface area contributed by atoms with Crippen LogP contribution < -0.4 is 0 Å². The molecule has 0 bridgehead atoms. The first-order valence-corrected chi connectivity index (χ1v) is 24.7. The maximum atomic E-state index is 12.8. The van der Waals surface area contributed by atoms with Gasteiger partial charge in [-0.1, -0.05) is 234 Å². The van der Waals surface area contributed by atoms with Crippen molar-refractivity contribution in [2.24, 2.45) is 11.8 Å². The molecule has 0 aliphatic heterocycles. The van der Waals surface area contributed by atoms with Crippen molar-refractivity contribution in [3.63, 3.8) is 0 Å². The molecule has 0 saturated heterocycles. The fourth-order valence-corrected chi connectivity index (χ4v) is 7.46. The van der Waals surface area contributed by atoms with Gasteiger partial charge in [0.05, 0.1) is 0 Å². The van der Waals surface area contributed by atoms with Gasteiger partial charge in [-0.05, 0) is 31.1 Å². The zero-order chi connectivity index (χ0) is 41.2. The first kappa shape index (κ1) is 54.4. The SMILES string of the molecule is CCCCCCCCCCCCCCC(=O)OC[C@@H](COC(=O)CCCCCCCCC(C)C)OC(=O)CCCCCCCCCCCCCCCCC(C)C. The molecule has 0 radical (unpaired) electrons. The minimum atomic E-state index is -0.761. The van der Waals surface area contributed by atoms with Gasteiger partial charge in [0.2, 0.25) is 0 Å². The number of ether oxygens (including phenoxy) is 3. The van der Waals surface area contributed by atoms with E-state index in [9.17, 15) is 14.4 Å². The Hall–Kier alpha value is -1.59. The van der Waals surface area contributed by atoms with E-state index in [2.05, 4.69) is 34.6 Å². The molecule has 0 rings (SSSR count). The number of carbonyl (C=O) groups is 3. The quantitative estimate of drug-likeness (QED) is 0.0347. The van der Waals surface area contributed by atoms with Gasteiger partial charge in [0.25, 0.3) is 0 Å². The van der Waals surface area contributed by atoms with Crippen LogP contribution in [-0.4, -0.2) is 37.2 Å². The second-order valence-corrected chi connectivity index (χ2v) is 18.1. The standard InChI is InChI=1S/C50H96O6/c1-6-7-8-9-10-11-12-18-21-24-30-35-40-48(51)54-43-47(44-55-49(52)41-36-31-27-26-29-34-39-46(4)5)56-50(53)42-37-32-25-22-19-16-14-13-15-17-20-23-28-33-38-45(2)3/h45-47H,6-44H2,1-5H3/t47-/m0/s1. The normalized spacial score (nSPS) is 12.1. The first-order valence-electron chi connectivity index (χ1n) is 24.7. The molecule has 0 amide bonds. The van der Waals surface area contributed by atoms with Gasteiger partial charge >= 0.3 is 17.9 Å². The van der Waals surface area contributed by atoms with Crippen LogP contribution in [0.5, 0.6) is 0 Å². The van der Waals surface area contributed by atoms with Crippen LogP contribution in [-0.2, 0) is 28.6 Å². The summed E-state index contributed by atoms with van der Waals surface area (Å²) < 4.78 is 16.7. The highest BCUT2D eigenvalue weighted by molar-refractivity contribution is 5.71. The molecule has 56 heavy (non-hydrogen) atoms. The number of esters is 3. The summed E-state index contributed by atoms with van der Waals surface area (Å²) in [4.78, 5) is 37.8. The van der Waals surface area contributed by atoms with E-state index >= 15 is 0 Å². The molecular weight excluding hydrogens is 697 g/mol. The van der Waals surface area contributed by atoms with Crippen LogP contribution in [0, 0.1) is 11.8 Å². The molecule has 6 heteroatoms. The van der Waals surface area contributed by atoms with E-state index in [1.807, 2.05) is 0 Å². The summed E-state index contributed by atoms with van der Waals surface area (Å²) in [6.45, 7) is 11.3. The average molecular weight is 793 g/mol. The van der Waals surface area contributed by atoms with E-state index in [-0.39, 0.29) is 31.1 Å². The van der Waals surface area contributed by atoms with Gasteiger partial charge in [-0.15, -0.1) is 0 Å². The minimum absolute atomic E-state index is 0.0647. The van der Waals surface area contributed by atoms with Crippen molar-refractivity contribution in [1.82, 2.24) is 0 Å². The molecule has 332 valence electrons. The van der Waals surface area contributed by atoms with Gasteiger partial charge < -0.3 is 14.2 Å². The average Bonchev–Trinajstić information content (AvgIpc) is 3.16. The van der Waals surface area contributed by atoms with Crippen LogP contribution in [0.4, 0.5) is 0 Å². The van der Waals surface area contributed by atoms with E-state index in [1.54, 1.807) is 0 Å². The van der Waals surface area contributed by atoms with E-state index < -0.39 is 6.10 Å². The Morgan fingerprint density at radius 1 is 0.339 bits per heavy atom. The van der Waals surface area contributed by atoms with Crippen LogP contribution in [0.25, 0.3) is 0 Å². The maximum absolute atomic E-state index is 12.8. The predicted octanol–water partition coefficient (Wildman–Crippen LogP) is 15.8. The third kappa shape index (κ3) is 43.5. The summed E-state index contributed by atoms with van der Waals surface area (Å²) >= 11 is 0. The van der Waals surface area contributed by atoms with Crippen LogP contribution in [0.3, 0.4) is 0 Å². The van der Waals surface area contributed by atoms with Gasteiger partial charge in [0, 0.05) is 19.3 Å². The minimum Gasteiger partial charge on any atom is -0.462 e. The number of unbranched alkanes of at least 4 members (excludes halogenated alkanes) is 29.